The van der Waals surface area contributed by atoms with Crippen LogP contribution >= 0.6 is 11.6 Å². The number of nitro groups is 1. The molecule has 0 radical (unpaired) electrons. The van der Waals surface area contributed by atoms with Gasteiger partial charge >= 0.3 is 0 Å². The lowest BCUT2D eigenvalue weighted by Crippen LogP contribution is -2.41. The molecule has 0 N–H and O–H groups in total. The standard InChI is InChI=1S/C5H9ClN4O2/c1-4(2)9-5(6)8(3-7-9)10(11)12/h3-5H,1-2H3. The molecule has 0 spiro atoms. The van der Waals surface area contributed by atoms with Gasteiger partial charge in [-0.15, -0.1) is 0 Å². The topological polar surface area (TPSA) is 62.0 Å². The Morgan fingerprint density at radius 3 is 2.58 bits per heavy atom. The molecule has 0 amide bonds. The quantitative estimate of drug-likeness (QED) is 0.279. The molecule has 6 nitrogen and oxygen atoms in total. The maximum atomic E-state index is 10.3. The van der Waals surface area contributed by atoms with Crippen molar-refractivity contribution in [3.05, 3.63) is 10.1 Å². The second-order valence-electron chi connectivity index (χ2n) is 2.63. The molecule has 0 saturated heterocycles. The largest absolute Gasteiger partial charge is 0.258 e. The molecule has 0 saturated carbocycles. The number of halogens is 1. The van der Waals surface area contributed by atoms with Gasteiger partial charge in [0.1, 0.15) is 0 Å². The van der Waals surface area contributed by atoms with E-state index < -0.39 is 10.7 Å². The first-order chi connectivity index (χ1) is 5.54. The average Bonchev–Trinajstić information content (AvgIpc) is 2.30. The van der Waals surface area contributed by atoms with Crippen molar-refractivity contribution in [3.8, 4) is 0 Å². The Balaban J connectivity index is 2.68. The Morgan fingerprint density at radius 2 is 2.33 bits per heavy atom. The van der Waals surface area contributed by atoms with Crippen LogP contribution in [0.1, 0.15) is 13.8 Å². The van der Waals surface area contributed by atoms with Gasteiger partial charge in [0.25, 0.3) is 5.62 Å². The molecular formula is C5H9ClN4O2. The molecule has 0 aliphatic carbocycles. The lowest BCUT2D eigenvalue weighted by Gasteiger charge is -2.22. The van der Waals surface area contributed by atoms with E-state index >= 15 is 0 Å². The van der Waals surface area contributed by atoms with Crippen LogP contribution in [0.3, 0.4) is 0 Å². The van der Waals surface area contributed by atoms with Crippen LogP contribution in [0.4, 0.5) is 0 Å². The molecule has 7 heteroatoms. The zero-order chi connectivity index (χ0) is 9.30. The summed E-state index contributed by atoms with van der Waals surface area (Å²) in [5, 5.41) is 15.7. The molecule has 1 unspecified atom stereocenters. The number of nitrogens with zero attached hydrogens (tertiary/aromatic N) is 4. The van der Waals surface area contributed by atoms with Crippen LogP contribution in [0.15, 0.2) is 5.10 Å². The first kappa shape index (κ1) is 9.05. The third-order valence-corrected chi connectivity index (χ3v) is 1.86. The highest BCUT2D eigenvalue weighted by Gasteiger charge is 2.35. The second-order valence-corrected chi connectivity index (χ2v) is 3.02. The summed E-state index contributed by atoms with van der Waals surface area (Å²) in [6, 6.07) is 0.0497. The Morgan fingerprint density at radius 1 is 1.75 bits per heavy atom. The lowest BCUT2D eigenvalue weighted by atomic mass is 10.4. The molecular weight excluding hydrogens is 184 g/mol. The van der Waals surface area contributed by atoms with E-state index in [0.717, 1.165) is 11.3 Å². The minimum atomic E-state index is -0.819. The summed E-state index contributed by atoms with van der Waals surface area (Å²) in [5.74, 6) is 0. The molecule has 0 aromatic rings. The SMILES string of the molecule is CC(C)N1N=CN([N+](=O)[O-])C1Cl. The zero-order valence-corrected chi connectivity index (χ0v) is 7.47. The van der Waals surface area contributed by atoms with Crippen LogP contribution in [0.25, 0.3) is 0 Å². The van der Waals surface area contributed by atoms with Gasteiger partial charge < -0.3 is 0 Å². The summed E-state index contributed by atoms with van der Waals surface area (Å²) < 4.78 is 0. The van der Waals surface area contributed by atoms with E-state index in [4.69, 9.17) is 11.6 Å². The summed E-state index contributed by atoms with van der Waals surface area (Å²) in [6.07, 6.45) is 1.11. The number of hydrogen-bond acceptors (Lipinski definition) is 4. The van der Waals surface area contributed by atoms with E-state index in [-0.39, 0.29) is 6.04 Å². The van der Waals surface area contributed by atoms with Gasteiger partial charge in [0.2, 0.25) is 0 Å². The van der Waals surface area contributed by atoms with E-state index in [2.05, 4.69) is 5.10 Å². The minimum Gasteiger partial charge on any atom is -0.251 e. The van der Waals surface area contributed by atoms with Gasteiger partial charge in [-0.1, -0.05) is 11.6 Å². The molecule has 0 fully saturated rings. The number of alkyl halides is 1. The van der Waals surface area contributed by atoms with Crippen molar-refractivity contribution in [2.24, 2.45) is 5.10 Å². The average molecular weight is 193 g/mol. The van der Waals surface area contributed by atoms with Gasteiger partial charge in [-0.25, -0.2) is 10.1 Å². The molecule has 1 rings (SSSR count). The van der Waals surface area contributed by atoms with Crippen molar-refractivity contribution < 1.29 is 5.03 Å². The van der Waals surface area contributed by atoms with Crippen LogP contribution < -0.4 is 0 Å². The van der Waals surface area contributed by atoms with E-state index in [1.54, 1.807) is 0 Å². The van der Waals surface area contributed by atoms with Crippen LogP contribution in [0.2, 0.25) is 0 Å². The maximum absolute atomic E-state index is 10.3. The van der Waals surface area contributed by atoms with Crippen molar-refractivity contribution in [3.63, 3.8) is 0 Å². The second kappa shape index (κ2) is 3.14. The normalized spacial score (nSPS) is 22.5. The molecule has 1 aliphatic rings. The molecule has 12 heavy (non-hydrogen) atoms. The third-order valence-electron chi connectivity index (χ3n) is 1.46. The maximum Gasteiger partial charge on any atom is 0.258 e. The number of hydrazone groups is 1. The summed E-state index contributed by atoms with van der Waals surface area (Å²) >= 11 is 5.72. The van der Waals surface area contributed by atoms with Gasteiger partial charge in [-0.2, -0.15) is 5.10 Å². The lowest BCUT2D eigenvalue weighted by molar-refractivity contribution is -0.633. The Hall–Kier alpha value is -1.04. The molecule has 0 aromatic heterocycles. The summed E-state index contributed by atoms with van der Waals surface area (Å²) in [6.45, 7) is 3.71. The summed E-state index contributed by atoms with van der Waals surface area (Å²) in [7, 11) is 0. The van der Waals surface area contributed by atoms with Crippen molar-refractivity contribution >= 4 is 17.9 Å². The van der Waals surface area contributed by atoms with Gasteiger partial charge in [-0.05, 0) is 18.9 Å². The van der Waals surface area contributed by atoms with E-state index in [0.29, 0.717) is 0 Å². The molecule has 1 aliphatic heterocycles. The van der Waals surface area contributed by atoms with E-state index in [9.17, 15) is 10.1 Å². The minimum absolute atomic E-state index is 0.0497. The molecule has 0 aromatic carbocycles. The van der Waals surface area contributed by atoms with Gasteiger partial charge in [0, 0.05) is 6.04 Å². The Labute approximate surface area is 74.5 Å². The highest BCUT2D eigenvalue weighted by atomic mass is 35.5. The number of rotatable bonds is 2. The summed E-state index contributed by atoms with van der Waals surface area (Å²) in [4.78, 5) is 10.3. The van der Waals surface area contributed by atoms with Gasteiger partial charge in [0.15, 0.2) is 11.4 Å². The fourth-order valence-corrected chi connectivity index (χ4v) is 1.24. The third kappa shape index (κ3) is 1.42. The Kier molecular flexibility index (Phi) is 2.37. The van der Waals surface area contributed by atoms with Crippen LogP contribution in [-0.4, -0.2) is 33.1 Å². The van der Waals surface area contributed by atoms with Crippen molar-refractivity contribution in [2.75, 3.05) is 0 Å². The van der Waals surface area contributed by atoms with Crippen LogP contribution in [0, 0.1) is 10.1 Å². The number of hydrogen-bond donors (Lipinski definition) is 0. The highest BCUT2D eigenvalue weighted by molar-refractivity contribution is 6.20. The highest BCUT2D eigenvalue weighted by Crippen LogP contribution is 2.18. The smallest absolute Gasteiger partial charge is 0.251 e. The van der Waals surface area contributed by atoms with E-state index in [1.165, 1.54) is 5.01 Å². The fraction of sp³-hybridized carbons (Fsp3) is 0.800. The zero-order valence-electron chi connectivity index (χ0n) is 6.72. The molecule has 1 atom stereocenters. The van der Waals surface area contributed by atoms with Gasteiger partial charge in [-0.3, -0.25) is 5.01 Å². The first-order valence-corrected chi connectivity index (χ1v) is 3.87. The van der Waals surface area contributed by atoms with Crippen LogP contribution in [-0.2, 0) is 0 Å². The first-order valence-electron chi connectivity index (χ1n) is 3.43. The van der Waals surface area contributed by atoms with Crippen LogP contribution in [0.5, 0.6) is 0 Å². The number of hydrazine groups is 1. The van der Waals surface area contributed by atoms with Crippen molar-refractivity contribution in [1.29, 1.82) is 0 Å². The monoisotopic (exact) mass is 192 g/mol. The van der Waals surface area contributed by atoms with E-state index in [1.807, 2.05) is 13.8 Å². The fourth-order valence-electron chi connectivity index (χ4n) is 0.843. The molecule has 68 valence electrons. The van der Waals surface area contributed by atoms with Crippen molar-refractivity contribution in [1.82, 2.24) is 10.0 Å². The summed E-state index contributed by atoms with van der Waals surface area (Å²) in [5.41, 5.74) is -0.819. The Bertz CT molecular complexity index is 219. The van der Waals surface area contributed by atoms with Gasteiger partial charge in [0.05, 0.1) is 0 Å². The molecule has 1 heterocycles. The van der Waals surface area contributed by atoms with Crippen molar-refractivity contribution in [2.45, 2.75) is 25.5 Å². The predicted molar refractivity (Wildman–Crippen MR) is 43.9 cm³/mol. The predicted octanol–water partition coefficient (Wildman–Crippen LogP) is 0.670. The molecule has 0 bridgehead atoms.